The molecule has 0 aromatic carbocycles. The van der Waals surface area contributed by atoms with Crippen molar-refractivity contribution in [1.29, 1.82) is 0 Å². The van der Waals surface area contributed by atoms with Gasteiger partial charge in [0.15, 0.2) is 12.6 Å². The monoisotopic (exact) mass is 1040 g/mol. The molecule has 18 N–H and O–H groups in total. The van der Waals surface area contributed by atoms with Crippen LogP contribution in [0.1, 0.15) is 26.2 Å². The van der Waals surface area contributed by atoms with Gasteiger partial charge in [-0.2, -0.15) is 0 Å². The second-order valence-corrected chi connectivity index (χ2v) is 17.7. The van der Waals surface area contributed by atoms with E-state index >= 15 is 0 Å². The van der Waals surface area contributed by atoms with Gasteiger partial charge < -0.3 is 121 Å². The van der Waals surface area contributed by atoms with Gasteiger partial charge in [-0.1, -0.05) is 6.92 Å². The van der Waals surface area contributed by atoms with Crippen LogP contribution in [0.3, 0.4) is 0 Å². The minimum atomic E-state index is -2.26. The Morgan fingerprint density at radius 3 is 1.51 bits per heavy atom. The summed E-state index contributed by atoms with van der Waals surface area (Å²) in [7, 11) is 3.32. The van der Waals surface area contributed by atoms with Crippen LogP contribution in [0.5, 0.6) is 0 Å². The zero-order valence-electron chi connectivity index (χ0n) is 39.1. The largest absolute Gasteiger partial charge is 0.394 e. The molecule has 21 unspecified atom stereocenters. The van der Waals surface area contributed by atoms with E-state index in [4.69, 9.17) is 18.9 Å². The number of imide groups is 1. The summed E-state index contributed by atoms with van der Waals surface area (Å²) in [6, 6.07) is -3.22. The molecule has 410 valence electrons. The first-order valence-electron chi connectivity index (χ1n) is 22.3. The van der Waals surface area contributed by atoms with Gasteiger partial charge in [0.05, 0.1) is 39.3 Å². The van der Waals surface area contributed by atoms with Gasteiger partial charge in [0.2, 0.25) is 29.5 Å². The minimum Gasteiger partial charge on any atom is -0.394 e. The molecule has 3 aliphatic heterocycles. The highest BCUT2D eigenvalue weighted by molar-refractivity contribution is 6.06. The molecule has 31 heteroatoms. The topological polar surface area (TPSA) is 497 Å². The smallest absolute Gasteiger partial charge is 0.252 e. The summed E-state index contributed by atoms with van der Waals surface area (Å²) in [6.45, 7) is -4.42. The van der Waals surface area contributed by atoms with E-state index in [0.29, 0.717) is 4.90 Å². The number of ether oxygens (including phenoxy) is 4. The van der Waals surface area contributed by atoms with Crippen LogP contribution in [0.25, 0.3) is 0 Å². The lowest BCUT2D eigenvalue weighted by atomic mass is 9.98. The van der Waals surface area contributed by atoms with E-state index in [-0.39, 0.29) is 0 Å². The molecule has 3 aliphatic rings. The molecule has 3 fully saturated rings. The van der Waals surface area contributed by atoms with Crippen molar-refractivity contribution in [2.45, 2.75) is 149 Å². The Balaban J connectivity index is 1.75. The number of aliphatic hydroxyl groups is 16. The van der Waals surface area contributed by atoms with Gasteiger partial charge in [-0.25, -0.2) is 0 Å². The van der Waals surface area contributed by atoms with Gasteiger partial charge in [-0.05, 0) is 0 Å². The highest BCUT2D eigenvalue weighted by Crippen LogP contribution is 2.27. The molecule has 6 amide bonds. The number of nitrogens with one attached hydrogen (secondary N) is 2. The first kappa shape index (κ1) is 61.5. The maximum absolute atomic E-state index is 13.9. The van der Waals surface area contributed by atoms with Crippen molar-refractivity contribution in [2.24, 2.45) is 5.92 Å². The number of aliphatic hydroxyl groups excluding tert-OH is 16. The third-order valence-electron chi connectivity index (χ3n) is 12.2. The van der Waals surface area contributed by atoms with E-state index in [0.717, 1.165) is 23.9 Å². The molecule has 0 aliphatic carbocycles. The standard InChI is InChI=1S/C40H69N5O26/c1-14(5-24(55)43(2)8-17(50)26(57)34(19(52)10-46)70-39-32(63)30(61)28(59)21(12-48)68-39)36(65)42-15(6-23(54)41-16-7-25(56)45(4)38(16)67)37(66)44(3)9-18(51)27(58)35(20(53)11-47)71-40-33(64)31(62)29(60)22(13-49)69-40/h14-22,26-35,39-40,46-53,57-64H,5-13H2,1-4H3,(H,41,54)(H,42,65). The summed E-state index contributed by atoms with van der Waals surface area (Å²) in [5.41, 5.74) is 0. The number of nitrogens with zero attached hydrogens (tertiary/aromatic N) is 3. The molecule has 71 heavy (non-hydrogen) atoms. The molecule has 0 aromatic heterocycles. The highest BCUT2D eigenvalue weighted by Gasteiger charge is 2.49. The van der Waals surface area contributed by atoms with Gasteiger partial charge in [0, 0.05) is 46.6 Å². The van der Waals surface area contributed by atoms with Gasteiger partial charge in [-0.3, -0.25) is 33.7 Å². The van der Waals surface area contributed by atoms with E-state index < -0.39 is 222 Å². The average Bonchev–Trinajstić information content (AvgIpc) is 3.57. The van der Waals surface area contributed by atoms with Crippen LogP contribution >= 0.6 is 0 Å². The van der Waals surface area contributed by atoms with Crippen LogP contribution in [-0.4, -0.2) is 315 Å². The highest BCUT2D eigenvalue weighted by atomic mass is 16.7. The summed E-state index contributed by atoms with van der Waals surface area (Å²) in [4.78, 5) is 80.9. The molecule has 3 rings (SSSR count). The summed E-state index contributed by atoms with van der Waals surface area (Å²) in [5.74, 6) is -6.93. The van der Waals surface area contributed by atoms with Crippen LogP contribution < -0.4 is 10.6 Å². The molecule has 0 radical (unpaired) electrons. The van der Waals surface area contributed by atoms with Crippen LogP contribution in [0.4, 0.5) is 0 Å². The molecule has 31 nitrogen and oxygen atoms in total. The zero-order chi connectivity index (χ0) is 53.9. The molecular weight excluding hydrogens is 966 g/mol. The lowest BCUT2D eigenvalue weighted by Gasteiger charge is -2.42. The first-order chi connectivity index (χ1) is 33.1. The van der Waals surface area contributed by atoms with E-state index in [1.165, 1.54) is 14.0 Å². The van der Waals surface area contributed by atoms with E-state index in [1.54, 1.807) is 0 Å². The SMILES string of the molecule is CC(CC(=O)N(C)CC(O)C(O)C(OC1OC(CO)C(O)C(O)C1O)C(O)CO)C(=O)NC(CC(=O)NC1CC(=O)N(C)C1=O)C(=O)N(C)CC(O)C(O)C(OC1OC(CO)C(O)C(O)C1O)C(O)CO. The second kappa shape index (κ2) is 27.5. The molecule has 0 bridgehead atoms. The summed E-state index contributed by atoms with van der Waals surface area (Å²) < 4.78 is 21.2. The Morgan fingerprint density at radius 2 is 1.11 bits per heavy atom. The third-order valence-corrected chi connectivity index (χ3v) is 12.2. The van der Waals surface area contributed by atoms with Crippen molar-refractivity contribution in [3.05, 3.63) is 0 Å². The maximum atomic E-state index is 13.9. The minimum absolute atomic E-state index is 0.436. The van der Waals surface area contributed by atoms with E-state index in [1.807, 2.05) is 0 Å². The van der Waals surface area contributed by atoms with Gasteiger partial charge in [0.1, 0.15) is 110 Å². The Labute approximate surface area is 404 Å². The Hall–Kier alpha value is -3.78. The molecule has 3 saturated heterocycles. The molecule has 21 atom stereocenters. The Morgan fingerprint density at radius 1 is 0.676 bits per heavy atom. The molecule has 3 heterocycles. The number of carbonyl (C=O) groups excluding carboxylic acids is 6. The van der Waals surface area contributed by atoms with Gasteiger partial charge in [-0.15, -0.1) is 0 Å². The fourth-order valence-electron chi connectivity index (χ4n) is 7.68. The Kier molecular flexibility index (Phi) is 23.8. The number of likely N-dealkylation sites (N-methyl/N-ethyl adjacent to an activating group) is 3. The fourth-order valence-corrected chi connectivity index (χ4v) is 7.68. The number of carbonyl (C=O) groups is 6. The maximum Gasteiger partial charge on any atom is 0.252 e. The van der Waals surface area contributed by atoms with Crippen molar-refractivity contribution < 1.29 is 129 Å². The average molecular weight is 1040 g/mol. The number of rotatable bonds is 26. The van der Waals surface area contributed by atoms with Crippen molar-refractivity contribution in [3.8, 4) is 0 Å². The molecule has 0 spiro atoms. The first-order valence-corrected chi connectivity index (χ1v) is 22.3. The predicted octanol–water partition coefficient (Wildman–Crippen LogP) is -12.8. The number of likely N-dealkylation sites (tertiary alicyclic amines) is 1. The Bertz CT molecular complexity index is 1770. The lowest BCUT2D eigenvalue weighted by Crippen LogP contribution is -2.62. The summed E-state index contributed by atoms with van der Waals surface area (Å²) >= 11 is 0. The van der Waals surface area contributed by atoms with E-state index in [2.05, 4.69) is 10.6 Å². The van der Waals surface area contributed by atoms with Crippen LogP contribution in [-0.2, 0) is 47.7 Å². The zero-order valence-corrected chi connectivity index (χ0v) is 39.1. The quantitative estimate of drug-likeness (QED) is 0.0358. The summed E-state index contributed by atoms with van der Waals surface area (Å²) in [6.07, 6.45) is -37.2. The van der Waals surface area contributed by atoms with Crippen molar-refractivity contribution >= 4 is 35.4 Å². The number of amides is 6. The number of hydrogen-bond donors (Lipinski definition) is 18. The van der Waals surface area contributed by atoms with Crippen LogP contribution in [0.2, 0.25) is 0 Å². The third kappa shape index (κ3) is 15.6. The molecular formula is C40H69N5O26. The lowest BCUT2D eigenvalue weighted by molar-refractivity contribution is -0.327. The predicted molar refractivity (Wildman–Crippen MR) is 227 cm³/mol. The van der Waals surface area contributed by atoms with Crippen molar-refractivity contribution in [3.63, 3.8) is 0 Å². The van der Waals surface area contributed by atoms with Crippen LogP contribution in [0, 0.1) is 5.92 Å². The van der Waals surface area contributed by atoms with Crippen molar-refractivity contribution in [2.75, 3.05) is 60.7 Å². The normalized spacial score (nSPS) is 31.3. The number of hydrogen-bond acceptors (Lipinski definition) is 26. The van der Waals surface area contributed by atoms with Gasteiger partial charge >= 0.3 is 0 Å². The van der Waals surface area contributed by atoms with Gasteiger partial charge in [0.25, 0.3) is 5.91 Å². The van der Waals surface area contributed by atoms with Crippen LogP contribution in [0.15, 0.2) is 0 Å². The van der Waals surface area contributed by atoms with Crippen molar-refractivity contribution in [1.82, 2.24) is 25.3 Å². The second-order valence-electron chi connectivity index (χ2n) is 17.7. The van der Waals surface area contributed by atoms with E-state index in [9.17, 15) is 110 Å². The summed E-state index contributed by atoms with van der Waals surface area (Å²) in [5, 5.41) is 169. The fraction of sp³-hybridized carbons (Fsp3) is 0.850. The molecule has 0 aromatic rings. The molecule has 0 saturated carbocycles.